The molecule has 1 saturated carbocycles. The summed E-state index contributed by atoms with van der Waals surface area (Å²) in [5.41, 5.74) is 1.27. The Bertz CT molecular complexity index is 1220. The van der Waals surface area contributed by atoms with E-state index in [-0.39, 0.29) is 31.2 Å². The maximum atomic E-state index is 13.7. The maximum absolute atomic E-state index is 13.7. The van der Waals surface area contributed by atoms with Gasteiger partial charge in [-0.25, -0.2) is 0 Å². The molecule has 0 bridgehead atoms. The van der Waals surface area contributed by atoms with E-state index >= 15 is 0 Å². The summed E-state index contributed by atoms with van der Waals surface area (Å²) < 4.78 is 21.8. The summed E-state index contributed by atoms with van der Waals surface area (Å²) >= 11 is 1.60. The lowest BCUT2D eigenvalue weighted by molar-refractivity contribution is -0.133. The number of amides is 2. The van der Waals surface area contributed by atoms with Crippen LogP contribution in [0.4, 0.5) is 0 Å². The van der Waals surface area contributed by atoms with Gasteiger partial charge in [0.1, 0.15) is 23.6 Å². The molecular formula is C27H28N2O6S. The topological polar surface area (TPSA) is 77.5 Å². The molecule has 8 nitrogen and oxygen atoms in total. The Morgan fingerprint density at radius 1 is 0.972 bits per heavy atom. The number of fused-ring (bicyclic) bond motifs is 1. The molecule has 1 fully saturated rings. The first-order chi connectivity index (χ1) is 17.6. The summed E-state index contributed by atoms with van der Waals surface area (Å²) in [7, 11) is 3.04. The second kappa shape index (κ2) is 10.5. The number of carbonyl (C=O) groups excluding carboxylic acids is 2. The van der Waals surface area contributed by atoms with Gasteiger partial charge in [-0.2, -0.15) is 0 Å². The summed E-state index contributed by atoms with van der Waals surface area (Å²) in [6.07, 6.45) is 1.73. The van der Waals surface area contributed by atoms with Crippen molar-refractivity contribution in [3.8, 4) is 23.0 Å². The van der Waals surface area contributed by atoms with Crippen LogP contribution in [0.5, 0.6) is 23.0 Å². The zero-order valence-electron chi connectivity index (χ0n) is 20.3. The van der Waals surface area contributed by atoms with Crippen molar-refractivity contribution in [2.24, 2.45) is 0 Å². The fraction of sp³-hybridized carbons (Fsp3) is 0.333. The number of rotatable bonds is 10. The van der Waals surface area contributed by atoms with Crippen LogP contribution >= 0.6 is 11.3 Å². The van der Waals surface area contributed by atoms with Crippen LogP contribution in [0.15, 0.2) is 53.9 Å². The molecule has 0 N–H and O–H groups in total. The number of hydrogen-bond donors (Lipinski definition) is 0. The summed E-state index contributed by atoms with van der Waals surface area (Å²) in [6, 6.07) is 14.9. The van der Waals surface area contributed by atoms with Crippen LogP contribution in [0, 0.1) is 0 Å². The first-order valence-corrected chi connectivity index (χ1v) is 12.7. The molecule has 1 aliphatic carbocycles. The minimum absolute atomic E-state index is 0.0187. The van der Waals surface area contributed by atoms with Gasteiger partial charge in [0.15, 0.2) is 11.5 Å². The van der Waals surface area contributed by atoms with Crippen molar-refractivity contribution in [2.75, 3.05) is 27.6 Å². The van der Waals surface area contributed by atoms with Crippen LogP contribution in [0.2, 0.25) is 0 Å². The summed E-state index contributed by atoms with van der Waals surface area (Å²) in [5, 5.41) is 1.99. The Hall–Kier alpha value is -3.72. The van der Waals surface area contributed by atoms with E-state index < -0.39 is 0 Å². The van der Waals surface area contributed by atoms with Crippen LogP contribution in [0.25, 0.3) is 0 Å². The first kappa shape index (κ1) is 24.0. The Morgan fingerprint density at radius 2 is 1.72 bits per heavy atom. The SMILES string of the molecule is COc1cccc(OC)c1C(=O)N(CC(=O)N(Cc1ccc2c(c1)OCO2)Cc1cccs1)C1CC1. The van der Waals surface area contributed by atoms with Crippen molar-refractivity contribution in [3.63, 3.8) is 0 Å². The van der Waals surface area contributed by atoms with E-state index in [1.807, 2.05) is 35.7 Å². The number of nitrogens with zero attached hydrogens (tertiary/aromatic N) is 2. The Kier molecular flexibility index (Phi) is 6.99. The molecular weight excluding hydrogens is 480 g/mol. The van der Waals surface area contributed by atoms with E-state index in [2.05, 4.69) is 0 Å². The van der Waals surface area contributed by atoms with Crippen molar-refractivity contribution in [3.05, 3.63) is 69.9 Å². The fourth-order valence-electron chi connectivity index (χ4n) is 4.29. The number of thiophene rings is 1. The van der Waals surface area contributed by atoms with Crippen LogP contribution in [0.1, 0.15) is 33.6 Å². The van der Waals surface area contributed by atoms with Gasteiger partial charge in [0.2, 0.25) is 12.7 Å². The molecule has 0 radical (unpaired) electrons. The van der Waals surface area contributed by atoms with E-state index in [9.17, 15) is 9.59 Å². The van der Waals surface area contributed by atoms with Crippen LogP contribution in [-0.2, 0) is 17.9 Å². The fourth-order valence-corrected chi connectivity index (χ4v) is 5.01. The van der Waals surface area contributed by atoms with Crippen molar-refractivity contribution >= 4 is 23.2 Å². The molecule has 2 amide bonds. The standard InChI is InChI=1S/C27H28N2O6S/c1-32-22-6-3-7-23(33-2)26(22)27(31)29(19-9-10-19)16-25(30)28(15-20-5-4-12-36-20)14-18-8-11-21-24(13-18)35-17-34-21/h3-8,11-13,19H,9-10,14-17H2,1-2H3. The molecule has 2 aromatic carbocycles. The largest absolute Gasteiger partial charge is 0.496 e. The van der Waals surface area contributed by atoms with Gasteiger partial charge in [0.05, 0.1) is 20.8 Å². The molecule has 2 aliphatic rings. The quantitative estimate of drug-likeness (QED) is 0.406. The third-order valence-electron chi connectivity index (χ3n) is 6.29. The number of hydrogen-bond acceptors (Lipinski definition) is 7. The van der Waals surface area contributed by atoms with Gasteiger partial charge < -0.3 is 28.7 Å². The van der Waals surface area contributed by atoms with Gasteiger partial charge >= 0.3 is 0 Å². The van der Waals surface area contributed by atoms with Crippen LogP contribution < -0.4 is 18.9 Å². The molecule has 9 heteroatoms. The zero-order valence-corrected chi connectivity index (χ0v) is 21.1. The lowest BCUT2D eigenvalue weighted by atomic mass is 10.1. The molecule has 5 rings (SSSR count). The van der Waals surface area contributed by atoms with E-state index in [0.29, 0.717) is 41.7 Å². The minimum atomic E-state index is -0.265. The molecule has 3 aromatic rings. The number of benzene rings is 2. The average Bonchev–Trinajstić information content (AvgIpc) is 3.40. The second-order valence-electron chi connectivity index (χ2n) is 8.72. The monoisotopic (exact) mass is 508 g/mol. The summed E-state index contributed by atoms with van der Waals surface area (Å²) in [5.74, 6) is 1.83. The molecule has 0 atom stereocenters. The van der Waals surface area contributed by atoms with Gasteiger partial charge in [0.25, 0.3) is 5.91 Å². The van der Waals surface area contributed by atoms with Crippen molar-refractivity contribution in [1.82, 2.24) is 9.80 Å². The predicted octanol–water partition coefficient (Wildman–Crippen LogP) is 4.33. The van der Waals surface area contributed by atoms with Gasteiger partial charge in [0, 0.05) is 17.5 Å². The van der Waals surface area contributed by atoms with E-state index in [4.69, 9.17) is 18.9 Å². The third-order valence-corrected chi connectivity index (χ3v) is 7.15. The highest BCUT2D eigenvalue weighted by Gasteiger charge is 2.37. The molecule has 36 heavy (non-hydrogen) atoms. The lowest BCUT2D eigenvalue weighted by Crippen LogP contribution is -2.43. The molecule has 188 valence electrons. The highest BCUT2D eigenvalue weighted by atomic mass is 32.1. The second-order valence-corrected chi connectivity index (χ2v) is 9.75. The molecule has 0 spiro atoms. The molecule has 1 aromatic heterocycles. The zero-order chi connectivity index (χ0) is 25.1. The predicted molar refractivity (Wildman–Crippen MR) is 135 cm³/mol. The van der Waals surface area contributed by atoms with Gasteiger partial charge in [-0.05, 0) is 54.1 Å². The highest BCUT2D eigenvalue weighted by Crippen LogP contribution is 2.35. The molecule has 1 aliphatic heterocycles. The number of carbonyl (C=O) groups is 2. The van der Waals surface area contributed by atoms with E-state index in [0.717, 1.165) is 23.3 Å². The minimum Gasteiger partial charge on any atom is -0.496 e. The van der Waals surface area contributed by atoms with Crippen LogP contribution in [0.3, 0.4) is 0 Å². The number of ether oxygens (including phenoxy) is 4. The molecule has 0 unspecified atom stereocenters. The van der Waals surface area contributed by atoms with Gasteiger partial charge in [-0.3, -0.25) is 9.59 Å². The third kappa shape index (κ3) is 5.11. The van der Waals surface area contributed by atoms with Crippen molar-refractivity contribution < 1.29 is 28.5 Å². The Balaban J connectivity index is 1.39. The lowest BCUT2D eigenvalue weighted by Gasteiger charge is -2.28. The molecule has 2 heterocycles. The maximum Gasteiger partial charge on any atom is 0.262 e. The summed E-state index contributed by atoms with van der Waals surface area (Å²) in [4.78, 5) is 31.9. The van der Waals surface area contributed by atoms with Crippen molar-refractivity contribution in [1.29, 1.82) is 0 Å². The van der Waals surface area contributed by atoms with Crippen LogP contribution in [-0.4, -0.2) is 55.2 Å². The Morgan fingerprint density at radius 3 is 2.39 bits per heavy atom. The summed E-state index contributed by atoms with van der Waals surface area (Å²) in [6.45, 7) is 1.01. The normalized spacial score (nSPS) is 13.8. The Labute approximate surface area is 213 Å². The van der Waals surface area contributed by atoms with Crippen molar-refractivity contribution in [2.45, 2.75) is 32.0 Å². The van der Waals surface area contributed by atoms with E-state index in [1.165, 1.54) is 14.2 Å². The average molecular weight is 509 g/mol. The molecule has 0 saturated heterocycles. The van der Waals surface area contributed by atoms with Gasteiger partial charge in [-0.15, -0.1) is 11.3 Å². The number of methoxy groups -OCH3 is 2. The van der Waals surface area contributed by atoms with E-state index in [1.54, 1.807) is 39.3 Å². The highest BCUT2D eigenvalue weighted by molar-refractivity contribution is 7.09. The first-order valence-electron chi connectivity index (χ1n) is 11.8. The van der Waals surface area contributed by atoms with Gasteiger partial charge in [-0.1, -0.05) is 18.2 Å². The smallest absolute Gasteiger partial charge is 0.262 e.